The summed E-state index contributed by atoms with van der Waals surface area (Å²) in [5.74, 6) is 2.00. The van der Waals surface area contributed by atoms with E-state index in [1.807, 2.05) is 19.1 Å². The fourth-order valence-corrected chi connectivity index (χ4v) is 4.14. The average Bonchev–Trinajstić information content (AvgIpc) is 3.45. The molecule has 27 heavy (non-hydrogen) atoms. The highest BCUT2D eigenvalue weighted by molar-refractivity contribution is 7.99. The van der Waals surface area contributed by atoms with Gasteiger partial charge in [0, 0.05) is 12.5 Å². The number of nitrogens with zero attached hydrogens (tertiary/aromatic N) is 3. The molecule has 3 aromatic rings. The molecule has 0 radical (unpaired) electrons. The van der Waals surface area contributed by atoms with Crippen molar-refractivity contribution in [2.45, 2.75) is 50.4 Å². The number of carbonyl (C=O) groups excluding carboxylic acids is 1. The second-order valence-electron chi connectivity index (χ2n) is 7.04. The van der Waals surface area contributed by atoms with Gasteiger partial charge in [0.05, 0.1) is 11.8 Å². The Morgan fingerprint density at radius 3 is 2.74 bits per heavy atom. The first-order valence-corrected chi connectivity index (χ1v) is 10.5. The Balaban J connectivity index is 1.37. The van der Waals surface area contributed by atoms with E-state index in [9.17, 15) is 4.79 Å². The van der Waals surface area contributed by atoms with Crippen molar-refractivity contribution in [3.8, 4) is 0 Å². The third-order valence-electron chi connectivity index (χ3n) is 4.99. The molecule has 1 fully saturated rings. The summed E-state index contributed by atoms with van der Waals surface area (Å²) in [5.41, 5.74) is 1.11. The van der Waals surface area contributed by atoms with E-state index in [1.165, 1.54) is 35.4 Å². The third kappa shape index (κ3) is 4.00. The Morgan fingerprint density at radius 1 is 1.22 bits per heavy atom. The van der Waals surface area contributed by atoms with Crippen LogP contribution in [0.2, 0.25) is 0 Å². The van der Waals surface area contributed by atoms with Gasteiger partial charge in [-0.25, -0.2) is 0 Å². The van der Waals surface area contributed by atoms with Crippen molar-refractivity contribution >= 4 is 28.4 Å². The fourth-order valence-electron chi connectivity index (χ4n) is 3.32. The summed E-state index contributed by atoms with van der Waals surface area (Å²) in [4.78, 5) is 12.4. The number of nitrogens with one attached hydrogen (secondary N) is 1. The van der Waals surface area contributed by atoms with E-state index in [0.29, 0.717) is 11.7 Å². The molecule has 1 heterocycles. The normalized spacial score (nSPS) is 15.0. The molecule has 1 unspecified atom stereocenters. The first-order chi connectivity index (χ1) is 13.2. The molecule has 5 nitrogen and oxygen atoms in total. The van der Waals surface area contributed by atoms with Gasteiger partial charge in [0.15, 0.2) is 5.16 Å². The summed E-state index contributed by atoms with van der Waals surface area (Å²) < 4.78 is 2.14. The number of carbonyl (C=O) groups is 1. The van der Waals surface area contributed by atoms with Crippen molar-refractivity contribution < 1.29 is 4.79 Å². The van der Waals surface area contributed by atoms with E-state index < -0.39 is 0 Å². The van der Waals surface area contributed by atoms with Crippen LogP contribution >= 0.6 is 11.8 Å². The number of benzene rings is 2. The van der Waals surface area contributed by atoms with Crippen LogP contribution in [0.5, 0.6) is 0 Å². The molecule has 0 bridgehead atoms. The van der Waals surface area contributed by atoms with E-state index in [2.05, 4.69) is 57.3 Å². The highest BCUT2D eigenvalue weighted by Gasteiger charge is 2.30. The zero-order valence-corrected chi connectivity index (χ0v) is 16.5. The summed E-state index contributed by atoms with van der Waals surface area (Å²) in [5, 5.41) is 14.9. The molecular weight excluding hydrogens is 356 g/mol. The molecule has 1 aliphatic rings. The van der Waals surface area contributed by atoms with Gasteiger partial charge in [-0.3, -0.25) is 4.79 Å². The zero-order valence-electron chi connectivity index (χ0n) is 15.7. The predicted octanol–water partition coefficient (Wildman–Crippen LogP) is 4.30. The lowest BCUT2D eigenvalue weighted by molar-refractivity contribution is -0.119. The maximum atomic E-state index is 12.4. The summed E-state index contributed by atoms with van der Waals surface area (Å²) in [6.07, 6.45) is 2.40. The Bertz CT molecular complexity index is 964. The summed E-state index contributed by atoms with van der Waals surface area (Å²) in [6, 6.07) is 14.6. The first-order valence-electron chi connectivity index (χ1n) is 9.49. The van der Waals surface area contributed by atoms with Crippen molar-refractivity contribution in [1.29, 1.82) is 0 Å². The van der Waals surface area contributed by atoms with Crippen molar-refractivity contribution in [2.75, 3.05) is 5.75 Å². The molecule has 1 amide bonds. The van der Waals surface area contributed by atoms with E-state index >= 15 is 0 Å². The molecule has 1 aliphatic carbocycles. The van der Waals surface area contributed by atoms with E-state index in [1.54, 1.807) is 0 Å². The van der Waals surface area contributed by atoms with E-state index in [4.69, 9.17) is 0 Å². The molecule has 1 saturated carbocycles. The Kier molecular flexibility index (Phi) is 5.16. The first kappa shape index (κ1) is 18.0. The molecule has 1 atom stereocenters. The predicted molar refractivity (Wildman–Crippen MR) is 109 cm³/mol. The van der Waals surface area contributed by atoms with Crippen molar-refractivity contribution in [3.05, 3.63) is 53.9 Å². The van der Waals surface area contributed by atoms with Gasteiger partial charge < -0.3 is 9.88 Å². The van der Waals surface area contributed by atoms with Crippen LogP contribution in [-0.4, -0.2) is 26.4 Å². The topological polar surface area (TPSA) is 59.8 Å². The number of hydrogen-bond donors (Lipinski definition) is 1. The molecule has 1 N–H and O–H groups in total. The van der Waals surface area contributed by atoms with Gasteiger partial charge in [-0.15, -0.1) is 10.2 Å². The molecule has 0 saturated heterocycles. The van der Waals surface area contributed by atoms with Crippen molar-refractivity contribution in [2.24, 2.45) is 0 Å². The summed E-state index contributed by atoms with van der Waals surface area (Å²) in [6.45, 7) is 4.96. The molecule has 4 rings (SSSR count). The highest BCUT2D eigenvalue weighted by Crippen LogP contribution is 2.39. The Labute approximate surface area is 163 Å². The number of fused-ring (bicyclic) bond motifs is 1. The average molecular weight is 381 g/mol. The second-order valence-corrected chi connectivity index (χ2v) is 7.99. The second kappa shape index (κ2) is 7.72. The molecule has 0 spiro atoms. The quantitative estimate of drug-likeness (QED) is 0.621. The lowest BCUT2D eigenvalue weighted by Crippen LogP contribution is -2.28. The lowest BCUT2D eigenvalue weighted by atomic mass is 10.0. The number of amides is 1. The Morgan fingerprint density at radius 2 is 2.00 bits per heavy atom. The van der Waals surface area contributed by atoms with Crippen LogP contribution in [0.4, 0.5) is 0 Å². The zero-order chi connectivity index (χ0) is 18.8. The maximum Gasteiger partial charge on any atom is 0.230 e. The van der Waals surface area contributed by atoms with Crippen LogP contribution in [-0.2, 0) is 11.3 Å². The van der Waals surface area contributed by atoms with Crippen molar-refractivity contribution in [1.82, 2.24) is 20.1 Å². The monoisotopic (exact) mass is 380 g/mol. The number of aromatic nitrogens is 3. The summed E-state index contributed by atoms with van der Waals surface area (Å²) in [7, 11) is 0. The molecule has 6 heteroatoms. The number of hydrogen-bond acceptors (Lipinski definition) is 4. The minimum absolute atomic E-state index is 0.0132. The van der Waals surface area contributed by atoms with Crippen LogP contribution < -0.4 is 5.32 Å². The van der Waals surface area contributed by atoms with Gasteiger partial charge in [-0.05, 0) is 49.1 Å². The minimum Gasteiger partial charge on any atom is -0.349 e. The molecule has 1 aromatic heterocycles. The standard InChI is InChI=1S/C21H24N4OS/c1-3-25-20(16-9-10-16)23-24-21(25)27-13-19(26)22-14(2)17-11-8-15-6-4-5-7-18(15)12-17/h4-8,11-12,14,16H,3,9-10,13H2,1-2H3,(H,22,26). The van der Waals surface area contributed by atoms with Crippen LogP contribution in [0.15, 0.2) is 47.6 Å². The molecule has 0 aliphatic heterocycles. The van der Waals surface area contributed by atoms with Gasteiger partial charge in [0.25, 0.3) is 0 Å². The maximum absolute atomic E-state index is 12.4. The lowest BCUT2D eigenvalue weighted by Gasteiger charge is -2.15. The van der Waals surface area contributed by atoms with Crippen molar-refractivity contribution in [3.63, 3.8) is 0 Å². The van der Waals surface area contributed by atoms with Crippen LogP contribution in [0.25, 0.3) is 10.8 Å². The third-order valence-corrected chi connectivity index (χ3v) is 5.95. The molecule has 2 aromatic carbocycles. The van der Waals surface area contributed by atoms with Gasteiger partial charge in [0.1, 0.15) is 5.82 Å². The van der Waals surface area contributed by atoms with Gasteiger partial charge in [0.2, 0.25) is 5.91 Å². The minimum atomic E-state index is -0.0335. The van der Waals surface area contributed by atoms with Gasteiger partial charge in [-0.1, -0.05) is 48.2 Å². The fraction of sp³-hybridized carbons (Fsp3) is 0.381. The van der Waals surface area contributed by atoms with Crippen LogP contribution in [0.3, 0.4) is 0 Å². The largest absolute Gasteiger partial charge is 0.349 e. The number of rotatable bonds is 7. The molecule has 140 valence electrons. The number of thioether (sulfide) groups is 1. The smallest absolute Gasteiger partial charge is 0.230 e. The van der Waals surface area contributed by atoms with Crippen LogP contribution in [0.1, 0.15) is 50.0 Å². The molecular formula is C21H24N4OS. The Hall–Kier alpha value is -2.34. The SMILES string of the molecule is CCn1c(SCC(=O)NC(C)c2ccc3ccccc3c2)nnc1C1CC1. The summed E-state index contributed by atoms with van der Waals surface area (Å²) >= 11 is 1.46. The van der Waals surface area contributed by atoms with E-state index in [-0.39, 0.29) is 11.9 Å². The van der Waals surface area contributed by atoms with Gasteiger partial charge >= 0.3 is 0 Å². The van der Waals surface area contributed by atoms with E-state index in [0.717, 1.165) is 23.1 Å². The van der Waals surface area contributed by atoms with Gasteiger partial charge in [-0.2, -0.15) is 0 Å². The van der Waals surface area contributed by atoms with Crippen LogP contribution in [0, 0.1) is 0 Å². The highest BCUT2D eigenvalue weighted by atomic mass is 32.2.